The van der Waals surface area contributed by atoms with Gasteiger partial charge in [0.25, 0.3) is 0 Å². The fourth-order valence-electron chi connectivity index (χ4n) is 2.73. The summed E-state index contributed by atoms with van der Waals surface area (Å²) in [6.45, 7) is 19.3. The van der Waals surface area contributed by atoms with Gasteiger partial charge in [0.1, 0.15) is 0 Å². The van der Waals surface area contributed by atoms with Crippen molar-refractivity contribution in [3.8, 4) is 0 Å². The molecular formula is C28H38. The maximum Gasteiger partial charge on any atom is -0.0219 e. The molecule has 0 aliphatic carbocycles. The molecule has 3 aromatic carbocycles. The van der Waals surface area contributed by atoms with E-state index < -0.39 is 0 Å². The van der Waals surface area contributed by atoms with Crippen LogP contribution in [0.4, 0.5) is 0 Å². The predicted molar refractivity (Wildman–Crippen MR) is 127 cm³/mol. The van der Waals surface area contributed by atoms with E-state index in [9.17, 15) is 0 Å². The Bertz CT molecular complexity index is 802. The predicted octanol–water partition coefficient (Wildman–Crippen LogP) is 8.34. The molecule has 0 aliphatic heterocycles. The van der Waals surface area contributed by atoms with E-state index in [0.717, 1.165) is 0 Å². The van der Waals surface area contributed by atoms with Crippen molar-refractivity contribution in [1.29, 1.82) is 0 Å². The normalized spacial score (nSPS) is 9.93. The number of benzene rings is 3. The summed E-state index contributed by atoms with van der Waals surface area (Å²) < 4.78 is 0. The molecule has 0 nitrogen and oxygen atoms in total. The van der Waals surface area contributed by atoms with Crippen LogP contribution < -0.4 is 0 Å². The van der Waals surface area contributed by atoms with Gasteiger partial charge < -0.3 is 0 Å². The SMILES string of the molecule is Cc1ccc(C(C)C)cc1.Cc1ccc(C)c(C)c1.Cc1ccc(C)c(C)c1. The average molecular weight is 375 g/mol. The van der Waals surface area contributed by atoms with Gasteiger partial charge in [0.15, 0.2) is 0 Å². The smallest absolute Gasteiger partial charge is 0.0219 e. The highest BCUT2D eigenvalue weighted by Gasteiger charge is 1.95. The van der Waals surface area contributed by atoms with E-state index in [1.165, 1.54) is 44.5 Å². The lowest BCUT2D eigenvalue weighted by molar-refractivity contribution is 0.866. The zero-order chi connectivity index (χ0) is 21.3. The maximum absolute atomic E-state index is 2.21. The second-order valence-corrected chi connectivity index (χ2v) is 8.24. The Morgan fingerprint density at radius 2 is 0.786 bits per heavy atom. The molecule has 150 valence electrons. The molecule has 3 rings (SSSR count). The second-order valence-electron chi connectivity index (χ2n) is 8.24. The van der Waals surface area contributed by atoms with Crippen LogP contribution in [0.2, 0.25) is 0 Å². The summed E-state index contributed by atoms with van der Waals surface area (Å²) in [5.41, 5.74) is 11.0. The van der Waals surface area contributed by atoms with Gasteiger partial charge in [0, 0.05) is 0 Å². The van der Waals surface area contributed by atoms with Crippen LogP contribution in [0.1, 0.15) is 64.3 Å². The number of hydrogen-bond donors (Lipinski definition) is 0. The van der Waals surface area contributed by atoms with E-state index in [4.69, 9.17) is 0 Å². The molecule has 0 heteroatoms. The minimum Gasteiger partial charge on any atom is -0.0590 e. The van der Waals surface area contributed by atoms with E-state index in [0.29, 0.717) is 5.92 Å². The Balaban J connectivity index is 0.000000210. The van der Waals surface area contributed by atoms with Crippen LogP contribution in [-0.4, -0.2) is 0 Å². The summed E-state index contributed by atoms with van der Waals surface area (Å²) in [6, 6.07) is 21.7. The molecule has 0 spiro atoms. The van der Waals surface area contributed by atoms with Gasteiger partial charge in [-0.15, -0.1) is 0 Å². The highest BCUT2D eigenvalue weighted by Crippen LogP contribution is 2.13. The zero-order valence-electron chi connectivity index (χ0n) is 19.4. The van der Waals surface area contributed by atoms with Crippen molar-refractivity contribution in [3.05, 3.63) is 105 Å². The molecule has 0 radical (unpaired) electrons. The van der Waals surface area contributed by atoms with Gasteiger partial charge in [-0.25, -0.2) is 0 Å². The third kappa shape index (κ3) is 8.57. The van der Waals surface area contributed by atoms with Crippen LogP contribution in [-0.2, 0) is 0 Å². The van der Waals surface area contributed by atoms with Crippen molar-refractivity contribution in [1.82, 2.24) is 0 Å². The Hall–Kier alpha value is -2.34. The van der Waals surface area contributed by atoms with Crippen LogP contribution >= 0.6 is 0 Å². The molecule has 28 heavy (non-hydrogen) atoms. The van der Waals surface area contributed by atoms with Crippen LogP contribution in [0.5, 0.6) is 0 Å². The first-order chi connectivity index (χ1) is 13.1. The number of aryl methyl sites for hydroxylation is 7. The largest absolute Gasteiger partial charge is 0.0590 e. The lowest BCUT2D eigenvalue weighted by atomic mass is 10.0. The molecule has 3 aromatic rings. The first-order valence-electron chi connectivity index (χ1n) is 10.2. The maximum atomic E-state index is 2.21. The molecule has 0 aromatic heterocycles. The molecule has 0 saturated heterocycles. The Kier molecular flexibility index (Phi) is 9.73. The molecule has 0 atom stereocenters. The van der Waals surface area contributed by atoms with Crippen LogP contribution in [0, 0.1) is 48.5 Å². The monoisotopic (exact) mass is 374 g/mol. The highest BCUT2D eigenvalue weighted by molar-refractivity contribution is 5.29. The Labute approximate surface area is 173 Å². The third-order valence-corrected chi connectivity index (χ3v) is 5.07. The van der Waals surface area contributed by atoms with Crippen molar-refractivity contribution in [2.45, 2.75) is 68.2 Å². The van der Waals surface area contributed by atoms with Crippen LogP contribution in [0.3, 0.4) is 0 Å². The minimum absolute atomic E-state index is 0.653. The number of hydrogen-bond acceptors (Lipinski definition) is 0. The first-order valence-corrected chi connectivity index (χ1v) is 10.2. The summed E-state index contributed by atoms with van der Waals surface area (Å²) in [5.74, 6) is 0.653. The standard InChI is InChI=1S/C10H14.2C9H12/c1-8(2)10-6-4-9(3)5-7-10;2*1-7-4-5-8(2)9(3)6-7/h4-8H,1-3H3;2*4-6H,1-3H3. The molecular weight excluding hydrogens is 336 g/mol. The fourth-order valence-corrected chi connectivity index (χ4v) is 2.73. The molecule has 0 saturated carbocycles. The van der Waals surface area contributed by atoms with E-state index in [1.54, 1.807) is 0 Å². The number of rotatable bonds is 1. The van der Waals surface area contributed by atoms with Gasteiger partial charge in [-0.3, -0.25) is 0 Å². The molecule has 0 heterocycles. The van der Waals surface area contributed by atoms with Crippen molar-refractivity contribution < 1.29 is 0 Å². The van der Waals surface area contributed by atoms with Crippen molar-refractivity contribution >= 4 is 0 Å². The van der Waals surface area contributed by atoms with E-state index in [1.807, 2.05) is 0 Å². The minimum atomic E-state index is 0.653. The van der Waals surface area contributed by atoms with Crippen LogP contribution in [0.15, 0.2) is 60.7 Å². The summed E-state index contributed by atoms with van der Waals surface area (Å²) in [6.07, 6.45) is 0. The Morgan fingerprint density at radius 1 is 0.429 bits per heavy atom. The van der Waals surface area contributed by atoms with Crippen molar-refractivity contribution in [2.75, 3.05) is 0 Å². The molecule has 0 fully saturated rings. The lowest BCUT2D eigenvalue weighted by Crippen LogP contribution is -1.85. The highest BCUT2D eigenvalue weighted by atomic mass is 14.0. The summed E-state index contributed by atoms with van der Waals surface area (Å²) in [7, 11) is 0. The first kappa shape index (κ1) is 23.7. The van der Waals surface area contributed by atoms with Crippen molar-refractivity contribution in [2.24, 2.45) is 0 Å². The molecule has 0 N–H and O–H groups in total. The topological polar surface area (TPSA) is 0 Å². The molecule has 0 bridgehead atoms. The van der Waals surface area contributed by atoms with E-state index >= 15 is 0 Å². The molecule has 0 unspecified atom stereocenters. The average Bonchev–Trinajstić information content (AvgIpc) is 2.63. The fraction of sp³-hybridized carbons (Fsp3) is 0.357. The second kappa shape index (κ2) is 11.5. The zero-order valence-corrected chi connectivity index (χ0v) is 19.4. The van der Waals surface area contributed by atoms with E-state index in [2.05, 4.69) is 123 Å². The van der Waals surface area contributed by atoms with Gasteiger partial charge in [0.2, 0.25) is 0 Å². The lowest BCUT2D eigenvalue weighted by Gasteiger charge is -2.03. The third-order valence-electron chi connectivity index (χ3n) is 5.07. The van der Waals surface area contributed by atoms with Gasteiger partial charge in [-0.2, -0.15) is 0 Å². The van der Waals surface area contributed by atoms with Gasteiger partial charge in [-0.05, 0) is 82.2 Å². The summed E-state index contributed by atoms with van der Waals surface area (Å²) in [4.78, 5) is 0. The molecule has 0 amide bonds. The quantitative estimate of drug-likeness (QED) is 0.401. The summed E-state index contributed by atoms with van der Waals surface area (Å²) in [5, 5.41) is 0. The van der Waals surface area contributed by atoms with Crippen molar-refractivity contribution in [3.63, 3.8) is 0 Å². The van der Waals surface area contributed by atoms with Gasteiger partial charge in [-0.1, -0.05) is 91.2 Å². The summed E-state index contributed by atoms with van der Waals surface area (Å²) >= 11 is 0. The van der Waals surface area contributed by atoms with Gasteiger partial charge >= 0.3 is 0 Å². The Morgan fingerprint density at radius 3 is 1.07 bits per heavy atom. The van der Waals surface area contributed by atoms with Gasteiger partial charge in [0.05, 0.1) is 0 Å². The molecule has 0 aliphatic rings. The van der Waals surface area contributed by atoms with Crippen LogP contribution in [0.25, 0.3) is 0 Å². The van der Waals surface area contributed by atoms with E-state index in [-0.39, 0.29) is 0 Å².